The molecule has 24 heavy (non-hydrogen) atoms. The van der Waals surface area contributed by atoms with Crippen LogP contribution in [-0.2, 0) is 19.1 Å². The van der Waals surface area contributed by atoms with Gasteiger partial charge in [-0.1, -0.05) is 23.7 Å². The minimum absolute atomic E-state index is 0.361. The smallest absolute Gasteiger partial charge is 0.371 e. The summed E-state index contributed by atoms with van der Waals surface area (Å²) in [4.78, 5) is 38.6. The molecule has 3 N–H and O–H groups in total. The Bertz CT molecular complexity index is 707. The van der Waals surface area contributed by atoms with Gasteiger partial charge in [0.1, 0.15) is 24.5 Å². The zero-order valence-electron chi connectivity index (χ0n) is 13.2. The van der Waals surface area contributed by atoms with Crippen molar-refractivity contribution in [1.82, 2.24) is 4.90 Å². The Morgan fingerprint density at radius 3 is 2.50 bits per heavy atom. The maximum Gasteiger partial charge on any atom is 0.371 e. The van der Waals surface area contributed by atoms with E-state index in [1.807, 2.05) is 0 Å². The lowest BCUT2D eigenvalue weighted by molar-refractivity contribution is -0.735. The number of hydrogen-bond donors (Lipinski definition) is 2. The molecule has 0 aromatic heterocycles. The standard InChI is InChI=1S/C16H17ClN2O5/c1-19-13(21)10-11(14(19)22)16(7-20,15(23)24-2)18-12(10)8-3-5-9(17)6-4-8/h3-6,10-12,18,20H,7H2,1-2H3/p+1/t10-,11+,12+,16+/m0/s1. The number of hydrogen-bond acceptors (Lipinski definition) is 5. The van der Waals surface area contributed by atoms with Crippen molar-refractivity contribution >= 4 is 29.4 Å². The first-order valence-corrected chi connectivity index (χ1v) is 7.87. The number of esters is 1. The first-order valence-electron chi connectivity index (χ1n) is 7.49. The van der Waals surface area contributed by atoms with Gasteiger partial charge in [0.2, 0.25) is 17.4 Å². The van der Waals surface area contributed by atoms with Crippen LogP contribution in [0.3, 0.4) is 0 Å². The average molecular weight is 354 g/mol. The SMILES string of the molecule is COC(=O)[C@]1(CO)[NH2+][C@H](c2ccc(Cl)cc2)[C@H]2C(=O)N(C)C(=O)[C@@H]21. The number of methoxy groups -OCH3 is 1. The zero-order chi connectivity index (χ0) is 17.6. The molecule has 0 saturated carbocycles. The summed E-state index contributed by atoms with van der Waals surface area (Å²) in [5, 5.41) is 12.1. The van der Waals surface area contributed by atoms with Crippen molar-refractivity contribution in [3.05, 3.63) is 34.9 Å². The number of benzene rings is 1. The molecule has 4 atom stereocenters. The number of likely N-dealkylation sites (tertiary alicyclic amines) is 1. The minimum Gasteiger partial charge on any atom is -0.464 e. The van der Waals surface area contributed by atoms with Crippen LogP contribution in [0.4, 0.5) is 0 Å². The third-order valence-corrected chi connectivity index (χ3v) is 5.32. The Morgan fingerprint density at radius 2 is 1.96 bits per heavy atom. The van der Waals surface area contributed by atoms with E-state index in [9.17, 15) is 19.5 Å². The van der Waals surface area contributed by atoms with Gasteiger partial charge in [-0.3, -0.25) is 14.5 Å². The number of halogens is 1. The minimum atomic E-state index is -1.53. The molecule has 2 aliphatic heterocycles. The van der Waals surface area contributed by atoms with E-state index in [1.54, 1.807) is 29.6 Å². The Labute approximate surface area is 143 Å². The summed E-state index contributed by atoms with van der Waals surface area (Å²) in [6, 6.07) is 6.38. The van der Waals surface area contributed by atoms with E-state index in [0.29, 0.717) is 5.02 Å². The summed E-state index contributed by atoms with van der Waals surface area (Å²) < 4.78 is 4.83. The van der Waals surface area contributed by atoms with Crippen LogP contribution in [0.1, 0.15) is 11.6 Å². The molecule has 2 saturated heterocycles. The summed E-state index contributed by atoms with van der Waals surface area (Å²) in [6.45, 7) is -0.599. The highest BCUT2D eigenvalue weighted by Crippen LogP contribution is 2.43. The molecular weight excluding hydrogens is 336 g/mol. The summed E-state index contributed by atoms with van der Waals surface area (Å²) >= 11 is 5.91. The normalized spacial score (nSPS) is 32.2. The fourth-order valence-corrected chi connectivity index (χ4v) is 3.98. The van der Waals surface area contributed by atoms with Crippen LogP contribution >= 0.6 is 11.6 Å². The van der Waals surface area contributed by atoms with Crippen LogP contribution in [0.25, 0.3) is 0 Å². The first-order chi connectivity index (χ1) is 11.4. The largest absolute Gasteiger partial charge is 0.464 e. The zero-order valence-corrected chi connectivity index (χ0v) is 14.0. The summed E-state index contributed by atoms with van der Waals surface area (Å²) in [5.74, 6) is -3.26. The molecule has 0 radical (unpaired) electrons. The molecule has 7 nitrogen and oxygen atoms in total. The van der Waals surface area contributed by atoms with Crippen molar-refractivity contribution in [1.29, 1.82) is 0 Å². The number of fused-ring (bicyclic) bond motifs is 1. The van der Waals surface area contributed by atoms with Gasteiger partial charge < -0.3 is 15.2 Å². The Balaban J connectivity index is 2.12. The number of ether oxygens (including phenoxy) is 1. The summed E-state index contributed by atoms with van der Waals surface area (Å²) in [5.41, 5.74) is -0.772. The predicted molar refractivity (Wildman–Crippen MR) is 82.7 cm³/mol. The van der Waals surface area contributed by atoms with Crippen LogP contribution in [-0.4, -0.2) is 54.1 Å². The maximum absolute atomic E-state index is 12.6. The molecule has 1 aromatic carbocycles. The molecule has 2 fully saturated rings. The second-order valence-corrected chi connectivity index (χ2v) is 6.61. The van der Waals surface area contributed by atoms with Gasteiger partial charge in [-0.25, -0.2) is 4.79 Å². The summed E-state index contributed by atoms with van der Waals surface area (Å²) in [7, 11) is 2.59. The predicted octanol–water partition coefficient (Wildman–Crippen LogP) is -0.907. The monoisotopic (exact) mass is 353 g/mol. The third-order valence-electron chi connectivity index (χ3n) is 5.07. The molecule has 2 aliphatic rings. The molecule has 128 valence electrons. The second kappa shape index (κ2) is 5.84. The van der Waals surface area contributed by atoms with Crippen molar-refractivity contribution in [3.63, 3.8) is 0 Å². The third kappa shape index (κ3) is 2.16. The molecule has 2 heterocycles. The van der Waals surface area contributed by atoms with Gasteiger partial charge in [0.25, 0.3) is 0 Å². The number of imide groups is 1. The molecule has 3 rings (SSSR count). The van der Waals surface area contributed by atoms with E-state index in [0.717, 1.165) is 10.5 Å². The van der Waals surface area contributed by atoms with Crippen LogP contribution < -0.4 is 5.32 Å². The molecule has 0 spiro atoms. The van der Waals surface area contributed by atoms with E-state index >= 15 is 0 Å². The lowest BCUT2D eigenvalue weighted by atomic mass is 9.79. The van der Waals surface area contributed by atoms with Crippen LogP contribution in [0.15, 0.2) is 24.3 Å². The Kier molecular flexibility index (Phi) is 4.11. The van der Waals surface area contributed by atoms with E-state index in [2.05, 4.69) is 0 Å². The topological polar surface area (TPSA) is 101 Å². The van der Waals surface area contributed by atoms with Crippen molar-refractivity contribution in [3.8, 4) is 0 Å². The van der Waals surface area contributed by atoms with Crippen LogP contribution in [0, 0.1) is 11.8 Å². The molecule has 1 aromatic rings. The molecule has 0 bridgehead atoms. The highest BCUT2D eigenvalue weighted by Gasteiger charge is 2.72. The number of quaternary nitrogens is 1. The van der Waals surface area contributed by atoms with E-state index < -0.39 is 41.9 Å². The number of nitrogens with two attached hydrogens (primary N) is 1. The number of aliphatic hydroxyl groups excluding tert-OH is 1. The summed E-state index contributed by atoms with van der Waals surface area (Å²) in [6.07, 6.45) is 0. The number of rotatable bonds is 3. The molecule has 0 unspecified atom stereocenters. The maximum atomic E-state index is 12.6. The van der Waals surface area contributed by atoms with Gasteiger partial charge in [-0.15, -0.1) is 0 Å². The highest BCUT2D eigenvalue weighted by atomic mass is 35.5. The first kappa shape index (κ1) is 16.9. The quantitative estimate of drug-likeness (QED) is 0.541. The number of carbonyl (C=O) groups excluding carboxylic acids is 3. The van der Waals surface area contributed by atoms with Crippen LogP contribution in [0.5, 0.6) is 0 Å². The Morgan fingerprint density at radius 1 is 1.33 bits per heavy atom. The molecular formula is C16H18ClN2O5+. The number of aliphatic hydroxyl groups is 1. The molecule has 8 heteroatoms. The lowest BCUT2D eigenvalue weighted by Crippen LogP contribution is -2.99. The molecule has 2 amide bonds. The number of carbonyl (C=O) groups is 3. The van der Waals surface area contributed by atoms with Crippen molar-refractivity contribution < 1.29 is 29.5 Å². The van der Waals surface area contributed by atoms with Gasteiger partial charge in [0.05, 0.1) is 7.11 Å². The Hall–Kier alpha value is -1.96. The highest BCUT2D eigenvalue weighted by molar-refractivity contribution is 6.30. The molecule has 0 aliphatic carbocycles. The van der Waals surface area contributed by atoms with Gasteiger partial charge >= 0.3 is 5.97 Å². The number of nitrogens with zero attached hydrogens (tertiary/aromatic N) is 1. The average Bonchev–Trinajstić information content (AvgIpc) is 3.05. The van der Waals surface area contributed by atoms with Gasteiger partial charge in [-0.05, 0) is 12.1 Å². The second-order valence-electron chi connectivity index (χ2n) is 6.17. The fraction of sp³-hybridized carbons (Fsp3) is 0.438. The van der Waals surface area contributed by atoms with Crippen molar-refractivity contribution in [2.75, 3.05) is 20.8 Å². The number of amides is 2. The van der Waals surface area contributed by atoms with E-state index in [-0.39, 0.29) is 5.91 Å². The van der Waals surface area contributed by atoms with Gasteiger partial charge in [-0.2, -0.15) is 0 Å². The van der Waals surface area contributed by atoms with E-state index in [1.165, 1.54) is 14.2 Å². The fourth-order valence-electron chi connectivity index (χ4n) is 3.86. The lowest BCUT2D eigenvalue weighted by Gasteiger charge is -2.26. The van der Waals surface area contributed by atoms with Crippen molar-refractivity contribution in [2.45, 2.75) is 11.6 Å². The van der Waals surface area contributed by atoms with Crippen molar-refractivity contribution in [2.24, 2.45) is 11.8 Å². The van der Waals surface area contributed by atoms with Crippen LogP contribution in [0.2, 0.25) is 5.02 Å². The van der Waals surface area contributed by atoms with Gasteiger partial charge in [0, 0.05) is 17.6 Å². The van der Waals surface area contributed by atoms with E-state index in [4.69, 9.17) is 16.3 Å². The van der Waals surface area contributed by atoms with Gasteiger partial charge in [0.15, 0.2) is 0 Å².